The van der Waals surface area contributed by atoms with Gasteiger partial charge in [-0.25, -0.2) is 0 Å². The van der Waals surface area contributed by atoms with Gasteiger partial charge in [-0.15, -0.1) is 10.2 Å². The average molecular weight is 409 g/mol. The highest BCUT2D eigenvalue weighted by molar-refractivity contribution is 5.91. The van der Waals surface area contributed by atoms with Crippen molar-refractivity contribution in [2.45, 2.75) is 31.0 Å². The molecule has 4 rings (SSSR count). The molecule has 3 atom stereocenters. The SMILES string of the molecule is CNC(=O)/C=C/c1ccc(-c2ccc(N(C)C3C[C@H]4COC[C@@H](C3)N4)nn2)c(O)c1. The number of amides is 1. The van der Waals surface area contributed by atoms with E-state index < -0.39 is 0 Å². The van der Waals surface area contributed by atoms with Crippen molar-refractivity contribution in [2.75, 3.05) is 32.2 Å². The lowest BCUT2D eigenvalue weighted by Gasteiger charge is -2.43. The molecule has 0 radical (unpaired) electrons. The van der Waals surface area contributed by atoms with Gasteiger partial charge in [0.1, 0.15) is 5.75 Å². The Hall–Kier alpha value is -2.97. The Morgan fingerprint density at radius 2 is 2.00 bits per heavy atom. The summed E-state index contributed by atoms with van der Waals surface area (Å²) in [5.41, 5.74) is 1.93. The first-order chi connectivity index (χ1) is 14.5. The molecule has 0 aliphatic carbocycles. The van der Waals surface area contributed by atoms with Crippen molar-refractivity contribution in [3.63, 3.8) is 0 Å². The number of ether oxygens (including phenoxy) is 1. The monoisotopic (exact) mass is 409 g/mol. The number of fused-ring (bicyclic) bond motifs is 2. The fourth-order valence-electron chi connectivity index (χ4n) is 4.09. The Balaban J connectivity index is 1.46. The summed E-state index contributed by atoms with van der Waals surface area (Å²) in [6.07, 6.45) is 5.09. The predicted octanol–water partition coefficient (Wildman–Crippen LogP) is 1.56. The summed E-state index contributed by atoms with van der Waals surface area (Å²) in [7, 11) is 3.62. The number of aromatic hydroxyl groups is 1. The smallest absolute Gasteiger partial charge is 0.243 e. The van der Waals surface area contributed by atoms with Gasteiger partial charge in [0.15, 0.2) is 5.82 Å². The van der Waals surface area contributed by atoms with Crippen molar-refractivity contribution in [1.82, 2.24) is 20.8 Å². The van der Waals surface area contributed by atoms with E-state index >= 15 is 0 Å². The molecule has 3 N–H and O–H groups in total. The molecule has 158 valence electrons. The lowest BCUT2D eigenvalue weighted by Crippen LogP contribution is -2.58. The minimum atomic E-state index is -0.200. The molecular weight excluding hydrogens is 382 g/mol. The summed E-state index contributed by atoms with van der Waals surface area (Å²) < 4.78 is 5.63. The van der Waals surface area contributed by atoms with Gasteiger partial charge < -0.3 is 25.4 Å². The first-order valence-corrected chi connectivity index (χ1v) is 10.2. The summed E-state index contributed by atoms with van der Waals surface area (Å²) in [6, 6.07) is 10.2. The number of carbonyl (C=O) groups excluding carboxylic acids is 1. The maximum absolute atomic E-state index is 11.3. The van der Waals surface area contributed by atoms with Gasteiger partial charge in [0, 0.05) is 43.9 Å². The number of morpholine rings is 1. The van der Waals surface area contributed by atoms with Crippen LogP contribution in [-0.4, -0.2) is 66.6 Å². The molecular formula is C22H27N5O3. The quantitative estimate of drug-likeness (QED) is 0.645. The van der Waals surface area contributed by atoms with Gasteiger partial charge in [-0.2, -0.15) is 0 Å². The van der Waals surface area contributed by atoms with E-state index in [4.69, 9.17) is 4.74 Å². The molecule has 0 saturated carbocycles. The molecule has 1 aromatic heterocycles. The topological polar surface area (TPSA) is 99.6 Å². The second-order valence-corrected chi connectivity index (χ2v) is 7.84. The van der Waals surface area contributed by atoms with Crippen LogP contribution in [0.5, 0.6) is 5.75 Å². The molecule has 8 heteroatoms. The molecule has 2 fully saturated rings. The molecule has 3 heterocycles. The Morgan fingerprint density at radius 1 is 1.23 bits per heavy atom. The van der Waals surface area contributed by atoms with Gasteiger partial charge >= 0.3 is 0 Å². The summed E-state index contributed by atoms with van der Waals surface area (Å²) in [5.74, 6) is 0.707. The molecule has 2 aliphatic rings. The third-order valence-electron chi connectivity index (χ3n) is 5.75. The summed E-state index contributed by atoms with van der Waals surface area (Å²) in [6.45, 7) is 1.53. The number of rotatable bonds is 5. The van der Waals surface area contributed by atoms with E-state index in [1.54, 1.807) is 25.3 Å². The van der Waals surface area contributed by atoms with Crippen LogP contribution in [0.15, 0.2) is 36.4 Å². The number of likely N-dealkylation sites (N-methyl/N-ethyl adjacent to an activating group) is 1. The molecule has 1 unspecified atom stereocenters. The minimum Gasteiger partial charge on any atom is -0.507 e. The standard InChI is InChI=1S/C22H27N5O3/c1-23-22(29)8-4-14-3-5-18(20(28)9-14)19-6-7-21(26-25-19)27(2)17-10-15-12-30-13-16(11-17)24-15/h3-9,15-17,24,28H,10-13H2,1-2H3,(H,23,29)/b8-4+/t15-,16+,17?. The van der Waals surface area contributed by atoms with Crippen LogP contribution in [0.25, 0.3) is 17.3 Å². The lowest BCUT2D eigenvalue weighted by atomic mass is 9.92. The van der Waals surface area contributed by atoms with E-state index in [-0.39, 0.29) is 11.7 Å². The molecule has 2 bridgehead atoms. The number of nitrogens with one attached hydrogen (secondary N) is 2. The molecule has 8 nitrogen and oxygen atoms in total. The number of piperidine rings is 1. The minimum absolute atomic E-state index is 0.0932. The van der Waals surface area contributed by atoms with Crippen molar-refractivity contribution in [2.24, 2.45) is 0 Å². The first-order valence-electron chi connectivity index (χ1n) is 10.2. The molecule has 1 aromatic carbocycles. The van der Waals surface area contributed by atoms with Gasteiger partial charge in [-0.1, -0.05) is 6.07 Å². The number of hydrogen-bond acceptors (Lipinski definition) is 7. The molecule has 0 spiro atoms. The van der Waals surface area contributed by atoms with Crippen molar-refractivity contribution < 1.29 is 14.6 Å². The van der Waals surface area contributed by atoms with Gasteiger partial charge in [-0.3, -0.25) is 4.79 Å². The number of anilines is 1. The van der Waals surface area contributed by atoms with E-state index in [2.05, 4.69) is 32.8 Å². The molecule has 2 aliphatic heterocycles. The van der Waals surface area contributed by atoms with E-state index in [1.807, 2.05) is 18.2 Å². The van der Waals surface area contributed by atoms with Gasteiger partial charge in [0.25, 0.3) is 0 Å². The van der Waals surface area contributed by atoms with Gasteiger partial charge in [0.2, 0.25) is 5.91 Å². The summed E-state index contributed by atoms with van der Waals surface area (Å²) in [5, 5.41) is 25.3. The number of hydrogen-bond donors (Lipinski definition) is 3. The van der Waals surface area contributed by atoms with Crippen LogP contribution in [0.4, 0.5) is 5.82 Å². The number of nitrogens with zero attached hydrogens (tertiary/aromatic N) is 3. The normalized spacial score (nSPS) is 23.3. The molecule has 2 aromatic rings. The van der Waals surface area contributed by atoms with Crippen molar-refractivity contribution in [3.05, 3.63) is 42.0 Å². The van der Waals surface area contributed by atoms with Crippen LogP contribution in [0.3, 0.4) is 0 Å². The fourth-order valence-corrected chi connectivity index (χ4v) is 4.09. The largest absolute Gasteiger partial charge is 0.507 e. The molecule has 2 saturated heterocycles. The second-order valence-electron chi connectivity index (χ2n) is 7.84. The van der Waals surface area contributed by atoms with Crippen LogP contribution in [-0.2, 0) is 9.53 Å². The van der Waals surface area contributed by atoms with Crippen LogP contribution in [0, 0.1) is 0 Å². The number of carbonyl (C=O) groups is 1. The number of aromatic nitrogens is 2. The molecule has 30 heavy (non-hydrogen) atoms. The van der Waals surface area contributed by atoms with Crippen molar-refractivity contribution in [1.29, 1.82) is 0 Å². The van der Waals surface area contributed by atoms with Crippen molar-refractivity contribution in [3.8, 4) is 17.0 Å². The predicted molar refractivity (Wildman–Crippen MR) is 115 cm³/mol. The van der Waals surface area contributed by atoms with E-state index in [1.165, 1.54) is 6.08 Å². The summed E-state index contributed by atoms with van der Waals surface area (Å²) in [4.78, 5) is 13.5. The van der Waals surface area contributed by atoms with Crippen LogP contribution in [0.2, 0.25) is 0 Å². The van der Waals surface area contributed by atoms with E-state index in [0.29, 0.717) is 29.4 Å². The maximum atomic E-state index is 11.3. The molecule has 1 amide bonds. The van der Waals surface area contributed by atoms with Crippen LogP contribution in [0.1, 0.15) is 18.4 Å². The Labute approximate surface area is 176 Å². The zero-order chi connectivity index (χ0) is 21.1. The van der Waals surface area contributed by atoms with Gasteiger partial charge in [0.05, 0.1) is 18.9 Å². The number of phenols is 1. The Morgan fingerprint density at radius 3 is 2.63 bits per heavy atom. The zero-order valence-electron chi connectivity index (χ0n) is 17.2. The summed E-state index contributed by atoms with van der Waals surface area (Å²) >= 11 is 0. The first kappa shape index (κ1) is 20.3. The highest BCUT2D eigenvalue weighted by Crippen LogP contribution is 2.30. The van der Waals surface area contributed by atoms with Crippen molar-refractivity contribution >= 4 is 17.8 Å². The number of benzene rings is 1. The third kappa shape index (κ3) is 4.44. The average Bonchev–Trinajstić information content (AvgIpc) is 2.77. The van der Waals surface area contributed by atoms with Gasteiger partial charge in [-0.05, 0) is 48.7 Å². The van der Waals surface area contributed by atoms with E-state index in [9.17, 15) is 9.90 Å². The lowest BCUT2D eigenvalue weighted by molar-refractivity contribution is -0.115. The third-order valence-corrected chi connectivity index (χ3v) is 5.75. The maximum Gasteiger partial charge on any atom is 0.243 e. The Kier molecular flexibility index (Phi) is 5.96. The van der Waals surface area contributed by atoms with Crippen LogP contribution >= 0.6 is 0 Å². The van der Waals surface area contributed by atoms with Crippen LogP contribution < -0.4 is 15.5 Å². The Bertz CT molecular complexity index is 919. The zero-order valence-corrected chi connectivity index (χ0v) is 17.2. The number of phenolic OH excluding ortho intramolecular Hbond substituents is 1. The second kappa shape index (κ2) is 8.81. The highest BCUT2D eigenvalue weighted by Gasteiger charge is 2.34. The van der Waals surface area contributed by atoms with E-state index in [0.717, 1.165) is 37.4 Å². The fraction of sp³-hybridized carbons (Fsp3) is 0.409. The highest BCUT2D eigenvalue weighted by atomic mass is 16.5.